The lowest BCUT2D eigenvalue weighted by Crippen LogP contribution is -2.47. The van der Waals surface area contributed by atoms with E-state index in [4.69, 9.17) is 20.9 Å². The molecule has 1 aliphatic heterocycles. The van der Waals surface area contributed by atoms with Gasteiger partial charge in [-0.3, -0.25) is 0 Å². The summed E-state index contributed by atoms with van der Waals surface area (Å²) in [4.78, 5) is 4.08. The third-order valence-electron chi connectivity index (χ3n) is 5.78. The van der Waals surface area contributed by atoms with Crippen LogP contribution in [-0.2, 0) is 21.7 Å². The number of hydrogen-bond donors (Lipinski definition) is 2. The van der Waals surface area contributed by atoms with Crippen LogP contribution < -0.4 is 11.5 Å². The summed E-state index contributed by atoms with van der Waals surface area (Å²) in [5.41, 5.74) is 14.3. The first-order chi connectivity index (χ1) is 13.6. The van der Waals surface area contributed by atoms with Gasteiger partial charge < -0.3 is 20.9 Å². The van der Waals surface area contributed by atoms with Crippen molar-refractivity contribution in [2.45, 2.75) is 44.7 Å². The molecule has 0 spiro atoms. The van der Waals surface area contributed by atoms with Gasteiger partial charge in [-0.15, -0.1) is 0 Å². The Morgan fingerprint density at radius 3 is 2.71 bits per heavy atom. The molecule has 4 N–H and O–H groups in total. The SMILES string of the molecule is CC[C@H]1O[C@@](CN)(c2ccc3c(N)ncnn23)[C@@H](OCc2ccccc2)C1C. The van der Waals surface area contributed by atoms with E-state index >= 15 is 0 Å². The molecule has 1 aliphatic rings. The largest absolute Gasteiger partial charge is 0.382 e. The van der Waals surface area contributed by atoms with E-state index in [0.717, 1.165) is 23.2 Å². The van der Waals surface area contributed by atoms with Crippen molar-refractivity contribution >= 4 is 11.3 Å². The maximum absolute atomic E-state index is 6.58. The molecule has 3 aromatic rings. The molecule has 0 amide bonds. The zero-order valence-corrected chi connectivity index (χ0v) is 16.3. The van der Waals surface area contributed by atoms with Gasteiger partial charge in [0.1, 0.15) is 17.4 Å². The van der Waals surface area contributed by atoms with E-state index in [9.17, 15) is 0 Å². The minimum Gasteiger partial charge on any atom is -0.382 e. The third-order valence-corrected chi connectivity index (χ3v) is 5.78. The Morgan fingerprint density at radius 2 is 2.00 bits per heavy atom. The number of nitrogen functional groups attached to an aromatic ring is 1. The fraction of sp³-hybridized carbons (Fsp3) is 0.429. The average molecular weight is 381 g/mol. The summed E-state index contributed by atoms with van der Waals surface area (Å²) in [6.07, 6.45) is 2.17. The molecule has 7 nitrogen and oxygen atoms in total. The van der Waals surface area contributed by atoms with Gasteiger partial charge in [0.05, 0.1) is 24.5 Å². The zero-order valence-electron chi connectivity index (χ0n) is 16.3. The number of benzene rings is 1. The van der Waals surface area contributed by atoms with Crippen molar-refractivity contribution in [1.82, 2.24) is 14.6 Å². The highest BCUT2D eigenvalue weighted by Crippen LogP contribution is 2.45. The van der Waals surface area contributed by atoms with Crippen molar-refractivity contribution in [3.8, 4) is 0 Å². The summed E-state index contributed by atoms with van der Waals surface area (Å²) in [6, 6.07) is 14.0. The summed E-state index contributed by atoms with van der Waals surface area (Å²) < 4.78 is 14.8. The summed E-state index contributed by atoms with van der Waals surface area (Å²) in [6.45, 7) is 5.07. The molecule has 28 heavy (non-hydrogen) atoms. The van der Waals surface area contributed by atoms with E-state index in [1.54, 1.807) is 4.52 Å². The van der Waals surface area contributed by atoms with Gasteiger partial charge in [-0.25, -0.2) is 9.50 Å². The van der Waals surface area contributed by atoms with Gasteiger partial charge in [0.25, 0.3) is 0 Å². The van der Waals surface area contributed by atoms with Crippen molar-refractivity contribution in [3.63, 3.8) is 0 Å². The van der Waals surface area contributed by atoms with Crippen LogP contribution in [0.1, 0.15) is 31.5 Å². The lowest BCUT2D eigenvalue weighted by Gasteiger charge is -2.34. The van der Waals surface area contributed by atoms with Gasteiger partial charge in [-0.05, 0) is 24.1 Å². The second kappa shape index (κ2) is 7.50. The molecule has 1 saturated heterocycles. The number of fused-ring (bicyclic) bond motifs is 1. The van der Waals surface area contributed by atoms with E-state index in [0.29, 0.717) is 12.4 Å². The van der Waals surface area contributed by atoms with Gasteiger partial charge >= 0.3 is 0 Å². The van der Waals surface area contributed by atoms with Gasteiger partial charge in [-0.2, -0.15) is 5.10 Å². The number of nitrogens with zero attached hydrogens (tertiary/aromatic N) is 3. The van der Waals surface area contributed by atoms with Crippen molar-refractivity contribution in [3.05, 3.63) is 60.0 Å². The highest BCUT2D eigenvalue weighted by atomic mass is 16.6. The first-order valence-corrected chi connectivity index (χ1v) is 9.72. The Kier molecular flexibility index (Phi) is 5.05. The minimum absolute atomic E-state index is 0.0501. The maximum atomic E-state index is 6.58. The lowest BCUT2D eigenvalue weighted by atomic mass is 9.86. The second-order valence-electron chi connectivity index (χ2n) is 7.40. The number of nitrogens with two attached hydrogens (primary N) is 2. The molecule has 4 rings (SSSR count). The number of ether oxygens (including phenoxy) is 2. The highest BCUT2D eigenvalue weighted by Gasteiger charge is 2.55. The molecule has 4 atom stereocenters. The van der Waals surface area contributed by atoms with Crippen LogP contribution in [0.4, 0.5) is 5.82 Å². The molecule has 3 heterocycles. The van der Waals surface area contributed by atoms with Gasteiger partial charge in [-0.1, -0.05) is 44.2 Å². The van der Waals surface area contributed by atoms with E-state index < -0.39 is 5.60 Å². The first-order valence-electron chi connectivity index (χ1n) is 9.72. The van der Waals surface area contributed by atoms with E-state index in [-0.39, 0.29) is 24.7 Å². The van der Waals surface area contributed by atoms with Crippen LogP contribution in [0.2, 0.25) is 0 Å². The van der Waals surface area contributed by atoms with Gasteiger partial charge in [0, 0.05) is 12.5 Å². The van der Waals surface area contributed by atoms with Crippen LogP contribution >= 0.6 is 0 Å². The van der Waals surface area contributed by atoms with Crippen LogP contribution in [0.15, 0.2) is 48.8 Å². The molecule has 1 fully saturated rings. The summed E-state index contributed by atoms with van der Waals surface area (Å²) in [7, 11) is 0. The van der Waals surface area contributed by atoms with Crippen molar-refractivity contribution in [1.29, 1.82) is 0 Å². The Morgan fingerprint density at radius 1 is 1.21 bits per heavy atom. The molecule has 0 aliphatic carbocycles. The smallest absolute Gasteiger partial charge is 0.151 e. The Labute approximate surface area is 164 Å². The Balaban J connectivity index is 1.75. The van der Waals surface area contributed by atoms with Crippen molar-refractivity contribution in [2.24, 2.45) is 11.7 Å². The molecule has 0 saturated carbocycles. The van der Waals surface area contributed by atoms with Crippen molar-refractivity contribution < 1.29 is 9.47 Å². The normalized spacial score (nSPS) is 27.5. The molecule has 1 unspecified atom stereocenters. The first kappa shape index (κ1) is 18.9. The predicted octanol–water partition coefficient (Wildman–Crippen LogP) is 2.50. The lowest BCUT2D eigenvalue weighted by molar-refractivity contribution is -0.111. The number of anilines is 1. The molecule has 2 aromatic heterocycles. The number of hydrogen-bond acceptors (Lipinski definition) is 6. The standard InChI is InChI=1S/C21H27N5O2/c1-3-17-14(2)19(27-11-15-7-5-4-6-8-15)21(12-22,28-17)18-10-9-16-20(23)24-13-25-26(16)18/h4-10,13-14,17,19H,3,11-12,22H2,1-2H3,(H2,23,24,25)/t14?,17-,19+,21+/m1/s1. The van der Waals surface area contributed by atoms with Crippen LogP contribution in [0.3, 0.4) is 0 Å². The summed E-state index contributed by atoms with van der Waals surface area (Å²) >= 11 is 0. The van der Waals surface area contributed by atoms with Crippen LogP contribution in [-0.4, -0.2) is 33.4 Å². The molecule has 7 heteroatoms. The maximum Gasteiger partial charge on any atom is 0.151 e. The molecule has 148 valence electrons. The fourth-order valence-corrected chi connectivity index (χ4v) is 4.31. The van der Waals surface area contributed by atoms with Crippen molar-refractivity contribution in [2.75, 3.05) is 12.3 Å². The van der Waals surface area contributed by atoms with Crippen LogP contribution in [0.25, 0.3) is 5.52 Å². The third kappa shape index (κ3) is 2.96. The minimum atomic E-state index is -0.803. The topological polar surface area (TPSA) is 101 Å². The predicted molar refractivity (Wildman–Crippen MR) is 107 cm³/mol. The van der Waals surface area contributed by atoms with E-state index in [1.165, 1.54) is 6.33 Å². The average Bonchev–Trinajstić information content (AvgIpc) is 3.28. The van der Waals surface area contributed by atoms with E-state index in [1.807, 2.05) is 30.3 Å². The summed E-state index contributed by atoms with van der Waals surface area (Å²) in [5, 5.41) is 4.40. The Hall–Kier alpha value is -2.48. The second-order valence-corrected chi connectivity index (χ2v) is 7.40. The molecule has 1 aromatic carbocycles. The van der Waals surface area contributed by atoms with Gasteiger partial charge in [0.15, 0.2) is 5.82 Å². The zero-order chi connectivity index (χ0) is 19.7. The fourth-order valence-electron chi connectivity index (χ4n) is 4.31. The highest BCUT2D eigenvalue weighted by molar-refractivity contribution is 5.65. The molecule has 0 bridgehead atoms. The molecular formula is C21H27N5O2. The van der Waals surface area contributed by atoms with Crippen LogP contribution in [0, 0.1) is 5.92 Å². The number of rotatable bonds is 6. The van der Waals surface area contributed by atoms with E-state index in [2.05, 4.69) is 36.1 Å². The Bertz CT molecular complexity index is 944. The number of aromatic nitrogens is 3. The monoisotopic (exact) mass is 381 g/mol. The molecule has 0 radical (unpaired) electrons. The molecular weight excluding hydrogens is 354 g/mol. The quantitative estimate of drug-likeness (QED) is 0.680. The summed E-state index contributed by atoms with van der Waals surface area (Å²) in [5.74, 6) is 0.607. The van der Waals surface area contributed by atoms with Crippen LogP contribution in [0.5, 0.6) is 0 Å². The van der Waals surface area contributed by atoms with Gasteiger partial charge in [0.2, 0.25) is 0 Å².